The van der Waals surface area contributed by atoms with Gasteiger partial charge in [0.05, 0.1) is 25.4 Å². The van der Waals surface area contributed by atoms with Crippen LogP contribution in [0.1, 0.15) is 450 Å². The summed E-state index contributed by atoms with van der Waals surface area (Å²) in [5, 5.41) is 23.3. The Morgan fingerprint density at radius 1 is 0.318 bits per heavy atom. The first-order chi connectivity index (χ1) is 43.5. The topological polar surface area (TPSA) is 95.9 Å². The van der Waals surface area contributed by atoms with Gasteiger partial charge < -0.3 is 20.3 Å². The summed E-state index contributed by atoms with van der Waals surface area (Å²) in [5.74, 6) is -0.0391. The summed E-state index contributed by atoms with van der Waals surface area (Å²) >= 11 is 0. The van der Waals surface area contributed by atoms with Crippen molar-refractivity contribution in [1.29, 1.82) is 0 Å². The largest absolute Gasteiger partial charge is 0.466 e. The number of amides is 1. The van der Waals surface area contributed by atoms with Gasteiger partial charge in [-0.25, -0.2) is 0 Å². The molecule has 0 bridgehead atoms. The minimum absolute atomic E-state index is 0.0215. The van der Waals surface area contributed by atoms with Crippen molar-refractivity contribution in [3.8, 4) is 0 Å². The molecular weight excluding hydrogens is 1080 g/mol. The Hall–Kier alpha value is -1.92. The number of esters is 1. The van der Waals surface area contributed by atoms with Gasteiger partial charge in [-0.2, -0.15) is 0 Å². The van der Waals surface area contributed by atoms with Crippen LogP contribution in [-0.2, 0) is 14.3 Å². The highest BCUT2D eigenvalue weighted by molar-refractivity contribution is 5.76. The first-order valence-corrected chi connectivity index (χ1v) is 40.3. The second kappa shape index (κ2) is 77.5. The number of aliphatic hydroxyl groups excluding tert-OH is 2. The van der Waals surface area contributed by atoms with Gasteiger partial charge in [-0.1, -0.05) is 410 Å². The lowest BCUT2D eigenvalue weighted by Gasteiger charge is -2.20. The van der Waals surface area contributed by atoms with Gasteiger partial charge in [-0.05, 0) is 64.2 Å². The van der Waals surface area contributed by atoms with E-state index in [0.29, 0.717) is 19.4 Å². The molecule has 0 heterocycles. The molecule has 0 aliphatic carbocycles. The van der Waals surface area contributed by atoms with Crippen molar-refractivity contribution in [3.05, 3.63) is 36.5 Å². The van der Waals surface area contributed by atoms with E-state index < -0.39 is 12.1 Å². The zero-order valence-electron chi connectivity index (χ0n) is 59.7. The average molecular weight is 1240 g/mol. The van der Waals surface area contributed by atoms with Crippen LogP contribution in [-0.4, -0.2) is 47.4 Å². The van der Waals surface area contributed by atoms with Crippen molar-refractivity contribution in [2.75, 3.05) is 13.2 Å². The van der Waals surface area contributed by atoms with Gasteiger partial charge in [-0.15, -0.1) is 0 Å². The maximum absolute atomic E-state index is 12.5. The summed E-state index contributed by atoms with van der Waals surface area (Å²) in [7, 11) is 0. The fraction of sp³-hybridized carbons (Fsp3) is 0.902. The molecule has 6 heteroatoms. The number of unbranched alkanes of at least 4 members (excludes halogenated alkanes) is 61. The summed E-state index contributed by atoms with van der Waals surface area (Å²) in [4.78, 5) is 24.6. The van der Waals surface area contributed by atoms with Crippen LogP contribution < -0.4 is 5.32 Å². The molecule has 0 saturated carbocycles. The SMILES string of the molecule is CCCCCCCCCCCCCCCCCCCC/C=C/C(O)C(CO)NC(=O)CCCCCCCCCCCCCCCCCCC/C=C\C/C=C\CCCCCCCCCCCCCCCCCOC(=O)CCCCCCCCCCCCCC. The third kappa shape index (κ3) is 73.1. The Morgan fingerprint density at radius 3 is 0.864 bits per heavy atom. The van der Waals surface area contributed by atoms with E-state index in [0.717, 1.165) is 44.9 Å². The predicted molar refractivity (Wildman–Crippen MR) is 389 cm³/mol. The molecule has 0 aromatic heterocycles. The Morgan fingerprint density at radius 2 is 0.568 bits per heavy atom. The van der Waals surface area contributed by atoms with E-state index in [9.17, 15) is 19.8 Å². The lowest BCUT2D eigenvalue weighted by molar-refractivity contribution is -0.143. The van der Waals surface area contributed by atoms with Crippen molar-refractivity contribution in [2.45, 2.75) is 463 Å². The first-order valence-electron chi connectivity index (χ1n) is 40.3. The van der Waals surface area contributed by atoms with Gasteiger partial charge in [0.2, 0.25) is 5.91 Å². The molecule has 3 N–H and O–H groups in total. The van der Waals surface area contributed by atoms with E-state index in [-0.39, 0.29) is 18.5 Å². The summed E-state index contributed by atoms with van der Waals surface area (Å²) in [6.07, 6.45) is 101. The first kappa shape index (κ1) is 86.1. The van der Waals surface area contributed by atoms with Crippen LogP contribution >= 0.6 is 0 Å². The molecule has 88 heavy (non-hydrogen) atoms. The number of aliphatic hydroxyl groups is 2. The summed E-state index contributed by atoms with van der Waals surface area (Å²) in [5.41, 5.74) is 0. The molecular formula is C82H157NO5. The molecule has 0 radical (unpaired) electrons. The van der Waals surface area contributed by atoms with E-state index in [4.69, 9.17) is 4.74 Å². The minimum atomic E-state index is -0.843. The fourth-order valence-electron chi connectivity index (χ4n) is 12.8. The van der Waals surface area contributed by atoms with Crippen LogP contribution in [0.5, 0.6) is 0 Å². The van der Waals surface area contributed by atoms with E-state index >= 15 is 0 Å². The number of carbonyl (C=O) groups excluding carboxylic acids is 2. The molecule has 0 saturated heterocycles. The molecule has 0 aliphatic heterocycles. The third-order valence-electron chi connectivity index (χ3n) is 18.9. The number of nitrogens with one attached hydrogen (secondary N) is 1. The van der Waals surface area contributed by atoms with E-state index in [1.807, 2.05) is 6.08 Å². The maximum atomic E-state index is 12.5. The van der Waals surface area contributed by atoms with E-state index in [1.165, 1.54) is 379 Å². The van der Waals surface area contributed by atoms with Gasteiger partial charge in [0.1, 0.15) is 0 Å². The normalized spacial score (nSPS) is 12.6. The number of hydrogen-bond acceptors (Lipinski definition) is 5. The van der Waals surface area contributed by atoms with Crippen LogP contribution in [0, 0.1) is 0 Å². The van der Waals surface area contributed by atoms with Crippen LogP contribution in [0.15, 0.2) is 36.5 Å². The highest BCUT2D eigenvalue weighted by Crippen LogP contribution is 2.20. The van der Waals surface area contributed by atoms with Crippen molar-refractivity contribution in [1.82, 2.24) is 5.32 Å². The van der Waals surface area contributed by atoms with Gasteiger partial charge in [-0.3, -0.25) is 9.59 Å². The molecule has 0 aromatic rings. The lowest BCUT2D eigenvalue weighted by atomic mass is 10.0. The molecule has 2 atom stereocenters. The molecule has 0 aliphatic rings. The molecule has 0 fully saturated rings. The van der Waals surface area contributed by atoms with E-state index in [2.05, 4.69) is 43.5 Å². The maximum Gasteiger partial charge on any atom is 0.305 e. The second-order valence-corrected chi connectivity index (χ2v) is 27.8. The molecule has 0 aromatic carbocycles. The molecule has 6 nitrogen and oxygen atoms in total. The van der Waals surface area contributed by atoms with Crippen molar-refractivity contribution in [3.63, 3.8) is 0 Å². The molecule has 520 valence electrons. The number of rotatable bonds is 76. The monoisotopic (exact) mass is 1240 g/mol. The molecule has 0 rings (SSSR count). The number of carbonyl (C=O) groups is 2. The van der Waals surface area contributed by atoms with E-state index in [1.54, 1.807) is 6.08 Å². The quantitative estimate of drug-likeness (QED) is 0.0320. The molecule has 0 spiro atoms. The van der Waals surface area contributed by atoms with Crippen LogP contribution in [0.3, 0.4) is 0 Å². The van der Waals surface area contributed by atoms with Crippen LogP contribution in [0.2, 0.25) is 0 Å². The molecule has 1 amide bonds. The van der Waals surface area contributed by atoms with Crippen LogP contribution in [0.25, 0.3) is 0 Å². The average Bonchev–Trinajstić information content (AvgIpc) is 3.55. The smallest absolute Gasteiger partial charge is 0.305 e. The van der Waals surface area contributed by atoms with Crippen molar-refractivity contribution < 1.29 is 24.5 Å². The number of allylic oxidation sites excluding steroid dienone is 5. The Labute approximate surface area is 551 Å². The fourth-order valence-corrected chi connectivity index (χ4v) is 12.8. The van der Waals surface area contributed by atoms with Crippen molar-refractivity contribution in [2.24, 2.45) is 0 Å². The standard InChI is InChI=1S/C82H157NO5/c1-3-5-7-9-11-13-15-17-18-19-20-42-45-48-51-54-58-62-66-70-74-80(85)79(78-84)83-81(86)75-71-67-63-59-55-52-49-46-43-40-38-36-34-32-30-28-26-24-22-21-23-25-27-29-31-33-35-37-39-41-44-47-50-53-57-61-65-69-73-77-88-82(87)76-72-68-64-60-56-16-14-12-10-8-6-4-2/h21-22,25,27,70,74,79-80,84-85H,3-20,23-24,26,28-69,71-73,75-78H2,1-2H3,(H,83,86)/b22-21-,27-25-,74-70+. The highest BCUT2D eigenvalue weighted by atomic mass is 16.5. The second-order valence-electron chi connectivity index (χ2n) is 27.8. The van der Waals surface area contributed by atoms with Gasteiger partial charge >= 0.3 is 5.97 Å². The van der Waals surface area contributed by atoms with Gasteiger partial charge in [0.25, 0.3) is 0 Å². The third-order valence-corrected chi connectivity index (χ3v) is 18.9. The molecule has 2 unspecified atom stereocenters. The van der Waals surface area contributed by atoms with Gasteiger partial charge in [0, 0.05) is 12.8 Å². The summed E-state index contributed by atoms with van der Waals surface area (Å²) in [6, 6.07) is -0.626. The Bertz CT molecular complexity index is 1430. The Balaban J connectivity index is 3.37. The predicted octanol–water partition coefficient (Wildman–Crippen LogP) is 26.6. The zero-order chi connectivity index (χ0) is 63.5. The lowest BCUT2D eigenvalue weighted by Crippen LogP contribution is -2.45. The zero-order valence-corrected chi connectivity index (χ0v) is 59.7. The Kier molecular flexibility index (Phi) is 75.8. The summed E-state index contributed by atoms with van der Waals surface area (Å²) in [6.45, 7) is 4.95. The van der Waals surface area contributed by atoms with Crippen LogP contribution in [0.4, 0.5) is 0 Å². The van der Waals surface area contributed by atoms with Gasteiger partial charge in [0.15, 0.2) is 0 Å². The summed E-state index contributed by atoms with van der Waals surface area (Å²) < 4.78 is 5.49. The minimum Gasteiger partial charge on any atom is -0.466 e. The number of ether oxygens (including phenoxy) is 1. The highest BCUT2D eigenvalue weighted by Gasteiger charge is 2.18. The number of hydrogen-bond donors (Lipinski definition) is 3. The van der Waals surface area contributed by atoms with Crippen molar-refractivity contribution >= 4 is 11.9 Å².